The van der Waals surface area contributed by atoms with Gasteiger partial charge in [-0.2, -0.15) is 5.10 Å². The Morgan fingerprint density at radius 2 is 2.18 bits per heavy atom. The van der Waals surface area contributed by atoms with E-state index in [-0.39, 0.29) is 5.69 Å². The Morgan fingerprint density at radius 1 is 1.41 bits per heavy atom. The molecule has 0 aliphatic heterocycles. The van der Waals surface area contributed by atoms with Crippen molar-refractivity contribution in [2.45, 2.75) is 25.8 Å². The minimum Gasteiger partial charge on any atom is -0.480 e. The van der Waals surface area contributed by atoms with Gasteiger partial charge in [0.2, 0.25) is 0 Å². The largest absolute Gasteiger partial charge is 0.480 e. The lowest BCUT2D eigenvalue weighted by atomic mass is 10.1. The van der Waals surface area contributed by atoms with E-state index < -0.39 is 17.9 Å². The summed E-state index contributed by atoms with van der Waals surface area (Å²) in [6.45, 7) is 1.86. The van der Waals surface area contributed by atoms with E-state index in [0.29, 0.717) is 17.9 Å². The van der Waals surface area contributed by atoms with Gasteiger partial charge >= 0.3 is 5.97 Å². The number of carbonyl (C=O) groups excluding carboxylic acids is 1. The van der Waals surface area contributed by atoms with Gasteiger partial charge in [-0.1, -0.05) is 31.0 Å². The summed E-state index contributed by atoms with van der Waals surface area (Å²) in [5.41, 5.74) is 0.872. The molecule has 1 amide bonds. The van der Waals surface area contributed by atoms with Crippen molar-refractivity contribution >= 4 is 23.5 Å². The topological polar surface area (TPSA) is 84.2 Å². The highest BCUT2D eigenvalue weighted by atomic mass is 35.5. The molecule has 0 aliphatic carbocycles. The number of nitrogens with one attached hydrogen (secondary N) is 1. The number of hydrogen-bond acceptors (Lipinski definition) is 3. The third-order valence-corrected chi connectivity index (χ3v) is 3.31. The van der Waals surface area contributed by atoms with Crippen LogP contribution in [0.25, 0.3) is 5.69 Å². The number of amides is 1. The van der Waals surface area contributed by atoms with Gasteiger partial charge in [-0.25, -0.2) is 9.48 Å². The van der Waals surface area contributed by atoms with E-state index in [1.807, 2.05) is 6.92 Å². The van der Waals surface area contributed by atoms with E-state index in [9.17, 15) is 9.59 Å². The van der Waals surface area contributed by atoms with Crippen LogP contribution in [0.5, 0.6) is 0 Å². The number of carboxylic acid groups (broad SMARTS) is 1. The normalized spacial score (nSPS) is 11.9. The monoisotopic (exact) mass is 321 g/mol. The zero-order valence-electron chi connectivity index (χ0n) is 12.0. The van der Waals surface area contributed by atoms with Crippen LogP contribution in [0.2, 0.25) is 5.02 Å². The fourth-order valence-corrected chi connectivity index (χ4v) is 2.17. The van der Waals surface area contributed by atoms with Crippen molar-refractivity contribution in [1.82, 2.24) is 15.1 Å². The van der Waals surface area contributed by atoms with E-state index in [4.69, 9.17) is 16.7 Å². The fraction of sp³-hybridized carbons (Fsp3) is 0.267. The van der Waals surface area contributed by atoms with Crippen LogP contribution in [0.15, 0.2) is 36.5 Å². The molecule has 1 unspecified atom stereocenters. The number of nitrogens with zero attached hydrogens (tertiary/aromatic N) is 2. The number of halogens is 1. The molecule has 1 aromatic heterocycles. The molecule has 116 valence electrons. The maximum Gasteiger partial charge on any atom is 0.326 e. The van der Waals surface area contributed by atoms with Crippen LogP contribution in [-0.4, -0.2) is 32.8 Å². The molecule has 22 heavy (non-hydrogen) atoms. The Labute approximate surface area is 132 Å². The molecule has 1 atom stereocenters. The smallest absolute Gasteiger partial charge is 0.326 e. The van der Waals surface area contributed by atoms with Crippen molar-refractivity contribution in [2.24, 2.45) is 0 Å². The zero-order chi connectivity index (χ0) is 16.1. The third-order valence-electron chi connectivity index (χ3n) is 3.08. The lowest BCUT2D eigenvalue weighted by Crippen LogP contribution is -2.40. The third kappa shape index (κ3) is 3.85. The average molecular weight is 322 g/mol. The summed E-state index contributed by atoms with van der Waals surface area (Å²) in [7, 11) is 0. The van der Waals surface area contributed by atoms with E-state index in [1.54, 1.807) is 30.5 Å². The number of aliphatic carboxylic acids is 1. The van der Waals surface area contributed by atoms with Gasteiger partial charge in [0.05, 0.1) is 5.69 Å². The van der Waals surface area contributed by atoms with Gasteiger partial charge < -0.3 is 10.4 Å². The zero-order valence-corrected chi connectivity index (χ0v) is 12.7. The molecular formula is C15H16ClN3O3. The SMILES string of the molecule is CCCC(NC(=O)c1ccn(-c2cccc(Cl)c2)n1)C(=O)O. The van der Waals surface area contributed by atoms with Crippen LogP contribution in [-0.2, 0) is 4.79 Å². The molecule has 0 aliphatic rings. The lowest BCUT2D eigenvalue weighted by Gasteiger charge is -2.12. The Hall–Kier alpha value is -2.34. The fourth-order valence-electron chi connectivity index (χ4n) is 1.99. The second-order valence-electron chi connectivity index (χ2n) is 4.78. The summed E-state index contributed by atoms with van der Waals surface area (Å²) in [5.74, 6) is -1.56. The number of hydrogen-bond donors (Lipinski definition) is 2. The second-order valence-corrected chi connectivity index (χ2v) is 5.21. The van der Waals surface area contributed by atoms with Crippen LogP contribution in [0.3, 0.4) is 0 Å². The molecule has 0 bridgehead atoms. The summed E-state index contributed by atoms with van der Waals surface area (Å²) in [4.78, 5) is 23.1. The molecule has 0 saturated heterocycles. The van der Waals surface area contributed by atoms with Gasteiger partial charge in [0.1, 0.15) is 6.04 Å². The van der Waals surface area contributed by atoms with E-state index in [0.717, 1.165) is 5.69 Å². The molecule has 1 heterocycles. The van der Waals surface area contributed by atoms with Crippen LogP contribution in [0, 0.1) is 0 Å². The van der Waals surface area contributed by atoms with Gasteiger partial charge in [-0.3, -0.25) is 4.79 Å². The van der Waals surface area contributed by atoms with Crippen LogP contribution in [0.4, 0.5) is 0 Å². The van der Waals surface area contributed by atoms with Crippen molar-refractivity contribution in [3.8, 4) is 5.69 Å². The Balaban J connectivity index is 2.13. The highest BCUT2D eigenvalue weighted by molar-refractivity contribution is 6.30. The van der Waals surface area contributed by atoms with Crippen LogP contribution >= 0.6 is 11.6 Å². The Kier molecular flexibility index (Phi) is 5.16. The molecule has 0 radical (unpaired) electrons. The maximum atomic E-state index is 12.1. The van der Waals surface area contributed by atoms with Gasteiger partial charge in [0.15, 0.2) is 5.69 Å². The number of carbonyl (C=O) groups is 2. The predicted molar refractivity (Wildman–Crippen MR) is 82.4 cm³/mol. The highest BCUT2D eigenvalue weighted by Gasteiger charge is 2.20. The molecule has 1 aromatic carbocycles. The molecular weight excluding hydrogens is 306 g/mol. The first kappa shape index (κ1) is 16.0. The molecule has 2 N–H and O–H groups in total. The summed E-state index contributed by atoms with van der Waals surface area (Å²) < 4.78 is 1.51. The minimum atomic E-state index is -1.05. The van der Waals surface area contributed by atoms with Crippen molar-refractivity contribution in [3.63, 3.8) is 0 Å². The quantitative estimate of drug-likeness (QED) is 0.856. The number of aromatic nitrogens is 2. The highest BCUT2D eigenvalue weighted by Crippen LogP contribution is 2.14. The van der Waals surface area contributed by atoms with Crippen LogP contribution < -0.4 is 5.32 Å². The first-order valence-electron chi connectivity index (χ1n) is 6.86. The Morgan fingerprint density at radius 3 is 2.82 bits per heavy atom. The molecule has 0 saturated carbocycles. The van der Waals surface area contributed by atoms with Gasteiger partial charge in [0.25, 0.3) is 5.91 Å². The number of carboxylic acids is 1. The van der Waals surface area contributed by atoms with Gasteiger partial charge in [0, 0.05) is 11.2 Å². The summed E-state index contributed by atoms with van der Waals surface area (Å²) >= 11 is 5.92. The standard InChI is InChI=1S/C15H16ClN3O3/c1-2-4-13(15(21)22)17-14(20)12-7-8-19(18-12)11-6-3-5-10(16)9-11/h3,5-9,13H,2,4H2,1H3,(H,17,20)(H,21,22). The maximum absolute atomic E-state index is 12.1. The van der Waals surface area contributed by atoms with E-state index in [1.165, 1.54) is 10.7 Å². The van der Waals surface area contributed by atoms with Crippen molar-refractivity contribution in [2.75, 3.05) is 0 Å². The predicted octanol–water partition coefficient (Wildman–Crippen LogP) is 2.51. The van der Waals surface area contributed by atoms with E-state index in [2.05, 4.69) is 10.4 Å². The second kappa shape index (κ2) is 7.09. The summed E-state index contributed by atoms with van der Waals surface area (Å²) in [6.07, 6.45) is 2.65. The molecule has 2 rings (SSSR count). The molecule has 0 spiro atoms. The average Bonchev–Trinajstić information content (AvgIpc) is 2.96. The first-order valence-corrected chi connectivity index (χ1v) is 7.24. The molecule has 0 fully saturated rings. The van der Waals surface area contributed by atoms with E-state index >= 15 is 0 Å². The van der Waals surface area contributed by atoms with Crippen molar-refractivity contribution in [1.29, 1.82) is 0 Å². The molecule has 7 heteroatoms. The Bertz CT molecular complexity index is 684. The van der Waals surface area contributed by atoms with Crippen LogP contribution in [0.1, 0.15) is 30.3 Å². The van der Waals surface area contributed by atoms with Crippen molar-refractivity contribution in [3.05, 3.63) is 47.2 Å². The lowest BCUT2D eigenvalue weighted by molar-refractivity contribution is -0.139. The van der Waals surface area contributed by atoms with Gasteiger partial charge in [-0.05, 0) is 30.7 Å². The van der Waals surface area contributed by atoms with Gasteiger partial charge in [-0.15, -0.1) is 0 Å². The minimum absolute atomic E-state index is 0.155. The number of rotatable bonds is 6. The van der Waals surface area contributed by atoms with Crippen molar-refractivity contribution < 1.29 is 14.7 Å². The molecule has 2 aromatic rings. The first-order chi connectivity index (χ1) is 10.5. The molecule has 6 nitrogen and oxygen atoms in total. The summed E-state index contributed by atoms with van der Waals surface area (Å²) in [6, 6.07) is 7.66. The number of benzene rings is 1. The summed E-state index contributed by atoms with van der Waals surface area (Å²) in [5, 5.41) is 16.2.